The number of carbonyl (C=O) groups is 2. The number of rotatable bonds is 8. The van der Waals surface area contributed by atoms with E-state index in [4.69, 9.17) is 4.42 Å². The van der Waals surface area contributed by atoms with E-state index in [0.29, 0.717) is 37.7 Å². The molecule has 132 valence electrons. The number of nitrogens with zero attached hydrogens (tertiary/aromatic N) is 1. The highest BCUT2D eigenvalue weighted by Crippen LogP contribution is 2.29. The van der Waals surface area contributed by atoms with Crippen LogP contribution in [0.15, 0.2) is 47.1 Å². The smallest absolute Gasteiger partial charge is 0.286 e. The predicted octanol–water partition coefficient (Wildman–Crippen LogP) is 3.29. The molecule has 25 heavy (non-hydrogen) atoms. The van der Waals surface area contributed by atoms with Gasteiger partial charge in [0.2, 0.25) is 5.91 Å². The van der Waals surface area contributed by atoms with Gasteiger partial charge in [-0.25, -0.2) is 0 Å². The van der Waals surface area contributed by atoms with Crippen LogP contribution in [0.5, 0.6) is 0 Å². The summed E-state index contributed by atoms with van der Waals surface area (Å²) in [5.41, 5.74) is 2.38. The van der Waals surface area contributed by atoms with Crippen LogP contribution in [0.2, 0.25) is 0 Å². The van der Waals surface area contributed by atoms with Crippen molar-refractivity contribution < 1.29 is 14.0 Å². The monoisotopic (exact) mass is 340 g/mol. The lowest BCUT2D eigenvalue weighted by molar-refractivity contribution is -0.132. The molecule has 1 aliphatic carbocycles. The normalized spacial score (nSPS) is 13.5. The van der Waals surface area contributed by atoms with Crippen LogP contribution in [0.3, 0.4) is 0 Å². The standard InChI is InChI=1S/C20H24N2O3/c1-15-5-2-6-16(13-15)14-22(17-9-10-17)19(23)8-3-11-21-20(24)18-7-4-12-25-18/h2,4-7,12-13,17H,3,8-11,14H2,1H3,(H,21,24). The Kier molecular flexibility index (Phi) is 5.53. The number of nitrogens with one attached hydrogen (secondary N) is 1. The van der Waals surface area contributed by atoms with Crippen LogP contribution in [0.1, 0.15) is 47.4 Å². The Balaban J connectivity index is 1.46. The van der Waals surface area contributed by atoms with Crippen molar-refractivity contribution in [3.05, 3.63) is 59.5 Å². The molecule has 0 spiro atoms. The van der Waals surface area contributed by atoms with Crippen molar-refractivity contribution in [3.63, 3.8) is 0 Å². The van der Waals surface area contributed by atoms with Gasteiger partial charge in [0.1, 0.15) is 0 Å². The highest BCUT2D eigenvalue weighted by molar-refractivity contribution is 5.91. The summed E-state index contributed by atoms with van der Waals surface area (Å²) in [6.07, 6.45) is 4.72. The van der Waals surface area contributed by atoms with E-state index in [1.165, 1.54) is 17.4 Å². The van der Waals surface area contributed by atoms with Gasteiger partial charge in [-0.3, -0.25) is 9.59 Å². The minimum atomic E-state index is -0.240. The first-order valence-electron chi connectivity index (χ1n) is 8.80. The third-order valence-corrected chi connectivity index (χ3v) is 4.34. The Hall–Kier alpha value is -2.56. The average Bonchev–Trinajstić information content (AvgIpc) is 3.29. The maximum Gasteiger partial charge on any atom is 0.286 e. The molecule has 1 N–H and O–H groups in total. The molecule has 5 heteroatoms. The van der Waals surface area contributed by atoms with Gasteiger partial charge >= 0.3 is 0 Å². The van der Waals surface area contributed by atoms with E-state index in [0.717, 1.165) is 12.8 Å². The van der Waals surface area contributed by atoms with Crippen LogP contribution in [-0.2, 0) is 11.3 Å². The van der Waals surface area contributed by atoms with Crippen molar-refractivity contribution in [2.75, 3.05) is 6.54 Å². The van der Waals surface area contributed by atoms with E-state index < -0.39 is 0 Å². The van der Waals surface area contributed by atoms with Crippen LogP contribution in [0, 0.1) is 6.92 Å². The van der Waals surface area contributed by atoms with Crippen molar-refractivity contribution in [3.8, 4) is 0 Å². The zero-order chi connectivity index (χ0) is 17.6. The molecule has 2 amide bonds. The molecule has 1 aromatic carbocycles. The third kappa shape index (κ3) is 4.95. The van der Waals surface area contributed by atoms with Crippen LogP contribution in [0.4, 0.5) is 0 Å². The topological polar surface area (TPSA) is 62.6 Å². The Labute approximate surface area is 148 Å². The second-order valence-electron chi connectivity index (χ2n) is 6.58. The van der Waals surface area contributed by atoms with E-state index in [2.05, 4.69) is 30.4 Å². The fourth-order valence-corrected chi connectivity index (χ4v) is 2.89. The summed E-state index contributed by atoms with van der Waals surface area (Å²) in [5, 5.41) is 2.78. The van der Waals surface area contributed by atoms with Crippen LogP contribution >= 0.6 is 0 Å². The molecular formula is C20H24N2O3. The molecule has 2 aromatic rings. The SMILES string of the molecule is Cc1cccc(CN(C(=O)CCCNC(=O)c2ccco2)C2CC2)c1. The summed E-state index contributed by atoms with van der Waals surface area (Å²) in [6.45, 7) is 3.20. The van der Waals surface area contributed by atoms with Gasteiger partial charge < -0.3 is 14.6 Å². The van der Waals surface area contributed by atoms with Gasteiger partial charge in [-0.15, -0.1) is 0 Å². The second-order valence-corrected chi connectivity index (χ2v) is 6.58. The molecule has 0 saturated heterocycles. The molecule has 5 nitrogen and oxygen atoms in total. The lowest BCUT2D eigenvalue weighted by atomic mass is 10.1. The van der Waals surface area contributed by atoms with E-state index >= 15 is 0 Å². The van der Waals surface area contributed by atoms with Gasteiger partial charge in [0.15, 0.2) is 5.76 Å². The van der Waals surface area contributed by atoms with Crippen molar-refractivity contribution in [2.45, 2.75) is 45.2 Å². The molecule has 0 atom stereocenters. The zero-order valence-electron chi connectivity index (χ0n) is 14.5. The van der Waals surface area contributed by atoms with Crippen LogP contribution < -0.4 is 5.32 Å². The second kappa shape index (κ2) is 8.01. The molecule has 0 bridgehead atoms. The number of benzene rings is 1. The summed E-state index contributed by atoms with van der Waals surface area (Å²) in [5.74, 6) is 0.220. The molecule has 0 unspecified atom stereocenters. The quantitative estimate of drug-likeness (QED) is 0.750. The molecule has 1 aromatic heterocycles. The highest BCUT2D eigenvalue weighted by Gasteiger charge is 2.32. The number of aryl methyl sites for hydroxylation is 1. The summed E-state index contributed by atoms with van der Waals surface area (Å²) in [6, 6.07) is 12.0. The maximum atomic E-state index is 12.6. The zero-order valence-corrected chi connectivity index (χ0v) is 14.5. The van der Waals surface area contributed by atoms with Gasteiger partial charge in [0.25, 0.3) is 5.91 Å². The minimum absolute atomic E-state index is 0.163. The number of hydrogen-bond acceptors (Lipinski definition) is 3. The van der Waals surface area contributed by atoms with Gasteiger partial charge in [0.05, 0.1) is 6.26 Å². The Morgan fingerprint density at radius 1 is 1.24 bits per heavy atom. The van der Waals surface area contributed by atoms with Gasteiger partial charge in [-0.2, -0.15) is 0 Å². The maximum absolute atomic E-state index is 12.6. The fourth-order valence-electron chi connectivity index (χ4n) is 2.89. The number of hydrogen-bond donors (Lipinski definition) is 1. The first-order chi connectivity index (χ1) is 12.1. The predicted molar refractivity (Wildman–Crippen MR) is 95.0 cm³/mol. The fraction of sp³-hybridized carbons (Fsp3) is 0.400. The highest BCUT2D eigenvalue weighted by atomic mass is 16.3. The first-order valence-corrected chi connectivity index (χ1v) is 8.80. The molecule has 1 aliphatic rings. The summed E-state index contributed by atoms with van der Waals surface area (Å²) in [4.78, 5) is 26.3. The van der Waals surface area contributed by atoms with Crippen molar-refractivity contribution in [1.29, 1.82) is 0 Å². The summed E-state index contributed by atoms with van der Waals surface area (Å²) in [7, 11) is 0. The largest absolute Gasteiger partial charge is 0.459 e. The lowest BCUT2D eigenvalue weighted by Crippen LogP contribution is -2.33. The van der Waals surface area contributed by atoms with Crippen molar-refractivity contribution in [2.24, 2.45) is 0 Å². The van der Waals surface area contributed by atoms with Gasteiger partial charge in [-0.1, -0.05) is 29.8 Å². The summed E-state index contributed by atoms with van der Waals surface area (Å²) >= 11 is 0. The molecule has 0 radical (unpaired) electrons. The number of carbonyl (C=O) groups excluding carboxylic acids is 2. The van der Waals surface area contributed by atoms with Crippen LogP contribution in [0.25, 0.3) is 0 Å². The Morgan fingerprint density at radius 2 is 2.08 bits per heavy atom. The third-order valence-electron chi connectivity index (χ3n) is 4.34. The molecule has 1 saturated carbocycles. The van der Waals surface area contributed by atoms with Crippen LogP contribution in [-0.4, -0.2) is 29.3 Å². The van der Waals surface area contributed by atoms with E-state index in [-0.39, 0.29) is 11.8 Å². The number of amides is 2. The van der Waals surface area contributed by atoms with Gasteiger partial charge in [-0.05, 0) is 43.9 Å². The van der Waals surface area contributed by atoms with E-state index in [1.54, 1.807) is 12.1 Å². The van der Waals surface area contributed by atoms with E-state index in [9.17, 15) is 9.59 Å². The van der Waals surface area contributed by atoms with Crippen molar-refractivity contribution >= 4 is 11.8 Å². The van der Waals surface area contributed by atoms with Crippen molar-refractivity contribution in [1.82, 2.24) is 10.2 Å². The molecule has 1 fully saturated rings. The van der Waals surface area contributed by atoms with E-state index in [1.807, 2.05) is 11.0 Å². The number of furan rings is 1. The Bertz CT molecular complexity index is 720. The lowest BCUT2D eigenvalue weighted by Gasteiger charge is -2.23. The Morgan fingerprint density at radius 3 is 2.76 bits per heavy atom. The minimum Gasteiger partial charge on any atom is -0.459 e. The molecule has 0 aliphatic heterocycles. The molecule has 3 rings (SSSR count). The molecule has 1 heterocycles. The summed E-state index contributed by atoms with van der Waals surface area (Å²) < 4.78 is 5.04. The van der Waals surface area contributed by atoms with Gasteiger partial charge in [0, 0.05) is 25.6 Å². The first kappa shape index (κ1) is 17.3. The average molecular weight is 340 g/mol. The molecular weight excluding hydrogens is 316 g/mol.